The molecule has 0 fully saturated rings. The standard InChI is InChI=1S/C9H13N3OS2/c1-8(14-2)6-9-7-12(11-10-9)4-5-15(3)13/h4-7H,1-3H3/b5-4+,8-6-. The van der Waals surface area contributed by atoms with Gasteiger partial charge in [0.1, 0.15) is 5.69 Å². The van der Waals surface area contributed by atoms with Crippen LogP contribution >= 0.6 is 11.8 Å². The molecule has 1 aromatic rings. The minimum absolute atomic E-state index is 0.799. The third kappa shape index (κ3) is 4.44. The van der Waals surface area contributed by atoms with Crippen LogP contribution in [-0.2, 0) is 10.8 Å². The molecule has 0 saturated heterocycles. The lowest BCUT2D eigenvalue weighted by molar-refractivity contribution is 0.691. The molecule has 1 heterocycles. The summed E-state index contributed by atoms with van der Waals surface area (Å²) in [6, 6.07) is 0. The Morgan fingerprint density at radius 2 is 2.40 bits per heavy atom. The van der Waals surface area contributed by atoms with Gasteiger partial charge in [0.15, 0.2) is 0 Å². The van der Waals surface area contributed by atoms with Crippen LogP contribution in [0.15, 0.2) is 16.5 Å². The maximum atomic E-state index is 10.8. The quantitative estimate of drug-likeness (QED) is 0.809. The second-order valence-electron chi connectivity index (χ2n) is 2.87. The molecule has 15 heavy (non-hydrogen) atoms. The SMILES string of the molecule is CS/C(C)=C\c1cn(/C=C/S(C)=O)nn1. The Morgan fingerprint density at radius 1 is 1.67 bits per heavy atom. The van der Waals surface area contributed by atoms with E-state index >= 15 is 0 Å². The van der Waals surface area contributed by atoms with Crippen molar-refractivity contribution in [1.82, 2.24) is 15.0 Å². The van der Waals surface area contributed by atoms with E-state index in [1.165, 1.54) is 4.91 Å². The van der Waals surface area contributed by atoms with Gasteiger partial charge in [0.2, 0.25) is 0 Å². The van der Waals surface area contributed by atoms with Crippen molar-refractivity contribution in [3.05, 3.63) is 22.2 Å². The van der Waals surface area contributed by atoms with Crippen LogP contribution in [-0.4, -0.2) is 31.7 Å². The summed E-state index contributed by atoms with van der Waals surface area (Å²) in [6.45, 7) is 2.01. The van der Waals surface area contributed by atoms with Gasteiger partial charge in [-0.25, -0.2) is 4.68 Å². The fraction of sp³-hybridized carbons (Fsp3) is 0.333. The summed E-state index contributed by atoms with van der Waals surface area (Å²) in [5.74, 6) is 0. The molecule has 0 aliphatic carbocycles. The first-order chi connectivity index (χ1) is 7.11. The Labute approximate surface area is 95.9 Å². The highest BCUT2D eigenvalue weighted by Crippen LogP contribution is 2.13. The lowest BCUT2D eigenvalue weighted by Crippen LogP contribution is -1.87. The predicted octanol–water partition coefficient (Wildman–Crippen LogP) is 1.81. The molecule has 0 aliphatic rings. The highest BCUT2D eigenvalue weighted by molar-refractivity contribution is 8.02. The van der Waals surface area contributed by atoms with Gasteiger partial charge in [-0.3, -0.25) is 4.21 Å². The van der Waals surface area contributed by atoms with Gasteiger partial charge in [-0.1, -0.05) is 5.21 Å². The van der Waals surface area contributed by atoms with Crippen LogP contribution in [0.2, 0.25) is 0 Å². The molecular weight excluding hydrogens is 230 g/mol. The number of rotatable bonds is 4. The van der Waals surface area contributed by atoms with Crippen LogP contribution in [0, 0.1) is 0 Å². The summed E-state index contributed by atoms with van der Waals surface area (Å²) in [6.07, 6.45) is 8.98. The van der Waals surface area contributed by atoms with Crippen LogP contribution in [0.5, 0.6) is 0 Å². The predicted molar refractivity (Wildman–Crippen MR) is 66.6 cm³/mol. The molecule has 1 atom stereocenters. The highest BCUT2D eigenvalue weighted by Gasteiger charge is 1.95. The second-order valence-corrected chi connectivity index (χ2v) is 5.19. The number of allylic oxidation sites excluding steroid dienone is 1. The van der Waals surface area contributed by atoms with Gasteiger partial charge in [0, 0.05) is 28.7 Å². The van der Waals surface area contributed by atoms with Gasteiger partial charge in [0.05, 0.1) is 6.20 Å². The molecule has 1 aromatic heterocycles. The Kier molecular flexibility index (Phi) is 4.77. The van der Waals surface area contributed by atoms with Gasteiger partial charge in [-0.15, -0.1) is 16.9 Å². The number of thioether (sulfide) groups is 1. The lowest BCUT2D eigenvalue weighted by atomic mass is 10.4. The first kappa shape index (κ1) is 12.2. The van der Waals surface area contributed by atoms with Crippen molar-refractivity contribution in [2.75, 3.05) is 12.5 Å². The monoisotopic (exact) mass is 243 g/mol. The van der Waals surface area contributed by atoms with Crippen LogP contribution in [0.3, 0.4) is 0 Å². The molecule has 0 N–H and O–H groups in total. The Hall–Kier alpha value is -0.880. The normalized spacial score (nSPS) is 14.7. The van der Waals surface area contributed by atoms with E-state index in [0.29, 0.717) is 0 Å². The van der Waals surface area contributed by atoms with Crippen LogP contribution in [0.1, 0.15) is 12.6 Å². The van der Waals surface area contributed by atoms with E-state index in [0.717, 1.165) is 5.69 Å². The molecule has 4 nitrogen and oxygen atoms in total. The van der Waals surface area contributed by atoms with Crippen molar-refractivity contribution in [3.63, 3.8) is 0 Å². The van der Waals surface area contributed by atoms with Gasteiger partial charge < -0.3 is 0 Å². The molecule has 0 bridgehead atoms. The molecule has 0 radical (unpaired) electrons. The summed E-state index contributed by atoms with van der Waals surface area (Å²) >= 11 is 1.66. The van der Waals surface area contributed by atoms with Gasteiger partial charge >= 0.3 is 0 Å². The summed E-state index contributed by atoms with van der Waals surface area (Å²) in [4.78, 5) is 1.17. The van der Waals surface area contributed by atoms with Gasteiger partial charge in [-0.2, -0.15) is 0 Å². The largest absolute Gasteiger partial charge is 0.255 e. The smallest absolute Gasteiger partial charge is 0.107 e. The molecule has 6 heteroatoms. The molecular formula is C9H13N3OS2. The van der Waals surface area contributed by atoms with Crippen molar-refractivity contribution >= 4 is 34.8 Å². The van der Waals surface area contributed by atoms with E-state index in [1.807, 2.05) is 19.3 Å². The first-order valence-corrected chi connectivity index (χ1v) is 7.11. The Balaban J connectivity index is 2.77. The van der Waals surface area contributed by atoms with Gasteiger partial charge in [-0.05, 0) is 24.2 Å². The molecule has 0 spiro atoms. The van der Waals surface area contributed by atoms with Gasteiger partial charge in [0.25, 0.3) is 0 Å². The summed E-state index contributed by atoms with van der Waals surface area (Å²) in [7, 11) is -0.958. The summed E-state index contributed by atoms with van der Waals surface area (Å²) in [5.41, 5.74) is 0.799. The maximum absolute atomic E-state index is 10.8. The number of hydrogen-bond donors (Lipinski definition) is 0. The second kappa shape index (κ2) is 5.87. The molecule has 82 valence electrons. The Morgan fingerprint density at radius 3 is 3.00 bits per heavy atom. The average Bonchev–Trinajstić information content (AvgIpc) is 2.62. The van der Waals surface area contributed by atoms with E-state index in [-0.39, 0.29) is 0 Å². The fourth-order valence-corrected chi connectivity index (χ4v) is 1.38. The highest BCUT2D eigenvalue weighted by atomic mass is 32.2. The first-order valence-electron chi connectivity index (χ1n) is 4.26. The topological polar surface area (TPSA) is 47.8 Å². The number of aromatic nitrogens is 3. The number of hydrogen-bond acceptors (Lipinski definition) is 4. The van der Waals surface area contributed by atoms with Crippen molar-refractivity contribution in [3.8, 4) is 0 Å². The fourth-order valence-electron chi connectivity index (χ4n) is 0.845. The zero-order valence-corrected chi connectivity index (χ0v) is 10.5. The third-order valence-electron chi connectivity index (χ3n) is 1.61. The molecule has 0 aliphatic heterocycles. The molecule has 0 aromatic carbocycles. The van der Waals surface area contributed by atoms with Crippen LogP contribution in [0.25, 0.3) is 12.3 Å². The molecule has 1 rings (SSSR count). The summed E-state index contributed by atoms with van der Waals surface area (Å²) in [5, 5.41) is 9.38. The van der Waals surface area contributed by atoms with E-state index in [4.69, 9.17) is 0 Å². The van der Waals surface area contributed by atoms with Crippen LogP contribution in [0.4, 0.5) is 0 Å². The van der Waals surface area contributed by atoms with E-state index in [2.05, 4.69) is 10.3 Å². The van der Waals surface area contributed by atoms with E-state index in [9.17, 15) is 4.21 Å². The lowest BCUT2D eigenvalue weighted by Gasteiger charge is -1.89. The number of nitrogens with zero attached hydrogens (tertiary/aromatic N) is 3. The van der Waals surface area contributed by atoms with Crippen molar-refractivity contribution < 1.29 is 4.21 Å². The minimum Gasteiger partial charge on any atom is -0.255 e. The third-order valence-corrected chi connectivity index (χ3v) is 2.87. The van der Waals surface area contributed by atoms with Crippen molar-refractivity contribution in [2.24, 2.45) is 0 Å². The molecule has 0 amide bonds. The minimum atomic E-state index is -0.958. The van der Waals surface area contributed by atoms with Crippen molar-refractivity contribution in [2.45, 2.75) is 6.92 Å². The maximum Gasteiger partial charge on any atom is 0.107 e. The molecule has 1 unspecified atom stereocenters. The van der Waals surface area contributed by atoms with Crippen LogP contribution < -0.4 is 0 Å². The Bertz CT molecular complexity index is 409. The van der Waals surface area contributed by atoms with E-state index < -0.39 is 10.8 Å². The average molecular weight is 243 g/mol. The van der Waals surface area contributed by atoms with Crippen molar-refractivity contribution in [1.29, 1.82) is 0 Å². The summed E-state index contributed by atoms with van der Waals surface area (Å²) < 4.78 is 12.3. The van der Waals surface area contributed by atoms with E-state index in [1.54, 1.807) is 40.5 Å². The zero-order chi connectivity index (χ0) is 11.3. The molecule has 0 saturated carbocycles. The zero-order valence-electron chi connectivity index (χ0n) is 8.88.